The summed E-state index contributed by atoms with van der Waals surface area (Å²) in [5.74, 6) is -0.300. The molecule has 4 rings (SSSR count). The number of carbonyl (C=O) groups is 2. The quantitative estimate of drug-likeness (QED) is 0.776. The van der Waals surface area contributed by atoms with Crippen LogP contribution >= 0.6 is 11.3 Å². The van der Waals surface area contributed by atoms with Crippen LogP contribution in [0.1, 0.15) is 43.4 Å². The molecule has 1 aromatic heterocycles. The smallest absolute Gasteiger partial charge is 0.307 e. The van der Waals surface area contributed by atoms with Crippen molar-refractivity contribution in [3.63, 3.8) is 0 Å². The van der Waals surface area contributed by atoms with Crippen LogP contribution in [0.5, 0.6) is 0 Å². The molecule has 3 aliphatic rings. The van der Waals surface area contributed by atoms with Crippen molar-refractivity contribution in [3.8, 4) is 0 Å². The topological polar surface area (TPSA) is 49.9 Å². The molecule has 25 heavy (non-hydrogen) atoms. The summed E-state index contributed by atoms with van der Waals surface area (Å²) in [7, 11) is 0. The number of nitrogens with zero attached hydrogens (tertiary/aromatic N) is 2. The monoisotopic (exact) mass is 362 g/mol. The maximum absolute atomic E-state index is 13.2. The van der Waals surface area contributed by atoms with Crippen molar-refractivity contribution in [2.45, 2.75) is 50.7 Å². The van der Waals surface area contributed by atoms with E-state index in [1.807, 2.05) is 4.90 Å². The number of amides is 1. The van der Waals surface area contributed by atoms with Crippen LogP contribution < -0.4 is 0 Å². The zero-order valence-corrected chi connectivity index (χ0v) is 15.4. The van der Waals surface area contributed by atoms with E-state index in [2.05, 4.69) is 22.4 Å². The molecule has 136 valence electrons. The molecule has 0 N–H and O–H groups in total. The van der Waals surface area contributed by atoms with Gasteiger partial charge in [0.2, 0.25) is 5.91 Å². The van der Waals surface area contributed by atoms with Crippen LogP contribution in [0.4, 0.5) is 0 Å². The summed E-state index contributed by atoms with van der Waals surface area (Å²) in [5.41, 5.74) is -0.489. The molecule has 1 saturated carbocycles. The third-order valence-electron chi connectivity index (χ3n) is 5.93. The van der Waals surface area contributed by atoms with Gasteiger partial charge in [-0.2, -0.15) is 0 Å². The van der Waals surface area contributed by atoms with Crippen molar-refractivity contribution < 1.29 is 14.3 Å². The molecule has 3 heterocycles. The highest BCUT2D eigenvalue weighted by atomic mass is 32.1. The Morgan fingerprint density at radius 2 is 2.04 bits per heavy atom. The van der Waals surface area contributed by atoms with Crippen LogP contribution in [0.15, 0.2) is 17.5 Å². The molecule has 5 nitrogen and oxygen atoms in total. The van der Waals surface area contributed by atoms with E-state index in [4.69, 9.17) is 4.74 Å². The second-order valence-electron chi connectivity index (χ2n) is 7.54. The number of carbonyl (C=O) groups excluding carboxylic acids is 2. The van der Waals surface area contributed by atoms with Crippen molar-refractivity contribution in [1.82, 2.24) is 9.80 Å². The Morgan fingerprint density at radius 1 is 1.20 bits per heavy atom. The van der Waals surface area contributed by atoms with Gasteiger partial charge in [0, 0.05) is 37.6 Å². The summed E-state index contributed by atoms with van der Waals surface area (Å²) in [6.45, 7) is 4.44. The Labute approximate surface area is 152 Å². The van der Waals surface area contributed by atoms with E-state index < -0.39 is 5.60 Å². The summed E-state index contributed by atoms with van der Waals surface area (Å²) in [4.78, 5) is 30.9. The third-order valence-corrected chi connectivity index (χ3v) is 6.79. The lowest BCUT2D eigenvalue weighted by Crippen LogP contribution is -2.46. The molecule has 1 atom stereocenters. The second-order valence-corrected chi connectivity index (χ2v) is 8.57. The molecular weight excluding hydrogens is 336 g/mol. The number of hydrogen-bond acceptors (Lipinski definition) is 5. The fourth-order valence-corrected chi connectivity index (χ4v) is 5.37. The van der Waals surface area contributed by atoms with Gasteiger partial charge in [-0.15, -0.1) is 11.3 Å². The Balaban J connectivity index is 1.40. The average molecular weight is 362 g/mol. The van der Waals surface area contributed by atoms with Gasteiger partial charge in [0.25, 0.3) is 0 Å². The first kappa shape index (κ1) is 17.0. The second kappa shape index (κ2) is 7.08. The van der Waals surface area contributed by atoms with Gasteiger partial charge in [0.1, 0.15) is 5.60 Å². The van der Waals surface area contributed by atoms with Crippen LogP contribution in [0.3, 0.4) is 0 Å². The van der Waals surface area contributed by atoms with Gasteiger partial charge in [-0.25, -0.2) is 0 Å². The first-order valence-corrected chi connectivity index (χ1v) is 10.3. The SMILES string of the molecule is O=C1CC(C(=O)N2CCCN(Cc3cccs3)CC2)C2(CCCC2)O1. The number of esters is 1. The predicted octanol–water partition coefficient (Wildman–Crippen LogP) is 2.66. The van der Waals surface area contributed by atoms with E-state index in [0.29, 0.717) is 0 Å². The lowest BCUT2D eigenvalue weighted by molar-refractivity contribution is -0.151. The van der Waals surface area contributed by atoms with Crippen LogP contribution in [0.2, 0.25) is 0 Å². The van der Waals surface area contributed by atoms with Crippen molar-refractivity contribution in [3.05, 3.63) is 22.4 Å². The zero-order chi connectivity index (χ0) is 17.3. The summed E-state index contributed by atoms with van der Waals surface area (Å²) < 4.78 is 5.66. The molecule has 0 radical (unpaired) electrons. The molecule has 0 bridgehead atoms. The van der Waals surface area contributed by atoms with Gasteiger partial charge in [0.15, 0.2) is 0 Å². The zero-order valence-electron chi connectivity index (χ0n) is 14.6. The molecular formula is C19H26N2O3S. The van der Waals surface area contributed by atoms with Crippen LogP contribution in [0.25, 0.3) is 0 Å². The maximum Gasteiger partial charge on any atom is 0.307 e. The van der Waals surface area contributed by atoms with Crippen molar-refractivity contribution in [2.75, 3.05) is 26.2 Å². The Bertz CT molecular complexity index is 625. The van der Waals surface area contributed by atoms with E-state index in [0.717, 1.165) is 64.8 Å². The molecule has 2 aliphatic heterocycles. The minimum atomic E-state index is -0.489. The van der Waals surface area contributed by atoms with E-state index in [-0.39, 0.29) is 24.2 Å². The first-order chi connectivity index (χ1) is 12.2. The summed E-state index contributed by atoms with van der Waals surface area (Å²) in [5, 5.41) is 2.11. The first-order valence-electron chi connectivity index (χ1n) is 9.42. The predicted molar refractivity (Wildman–Crippen MR) is 96.2 cm³/mol. The fourth-order valence-electron chi connectivity index (χ4n) is 4.62. The average Bonchev–Trinajstić information content (AvgIpc) is 3.29. The molecule has 3 fully saturated rings. The fraction of sp³-hybridized carbons (Fsp3) is 0.684. The molecule has 2 saturated heterocycles. The lowest BCUT2D eigenvalue weighted by Gasteiger charge is -2.32. The Morgan fingerprint density at radius 3 is 2.80 bits per heavy atom. The van der Waals surface area contributed by atoms with Gasteiger partial charge in [-0.1, -0.05) is 6.07 Å². The number of hydrogen-bond donors (Lipinski definition) is 0. The summed E-state index contributed by atoms with van der Waals surface area (Å²) in [6.07, 6.45) is 5.10. The van der Waals surface area contributed by atoms with E-state index in [9.17, 15) is 9.59 Å². The van der Waals surface area contributed by atoms with Gasteiger partial charge in [-0.3, -0.25) is 14.5 Å². The van der Waals surface area contributed by atoms with Crippen molar-refractivity contribution in [2.24, 2.45) is 5.92 Å². The minimum Gasteiger partial charge on any atom is -0.458 e. The van der Waals surface area contributed by atoms with Crippen LogP contribution in [-0.4, -0.2) is 53.5 Å². The molecule has 1 unspecified atom stereocenters. The standard InChI is InChI=1S/C19H26N2O3S/c22-17-13-16(19(24-17)6-1-2-7-19)18(23)21-9-4-8-20(10-11-21)14-15-5-3-12-25-15/h3,5,12,16H,1-2,4,6-11,13-14H2. The highest BCUT2D eigenvalue weighted by Gasteiger charge is 2.54. The molecule has 1 spiro atoms. The van der Waals surface area contributed by atoms with Crippen molar-refractivity contribution in [1.29, 1.82) is 0 Å². The molecule has 1 aliphatic carbocycles. The third kappa shape index (κ3) is 3.47. The number of thiophene rings is 1. The summed E-state index contributed by atoms with van der Waals surface area (Å²) in [6, 6.07) is 4.26. The molecule has 0 aromatic carbocycles. The maximum atomic E-state index is 13.2. The minimum absolute atomic E-state index is 0.144. The molecule has 1 amide bonds. The lowest BCUT2D eigenvalue weighted by atomic mass is 9.84. The van der Waals surface area contributed by atoms with E-state index in [1.165, 1.54) is 4.88 Å². The Hall–Kier alpha value is -1.40. The van der Waals surface area contributed by atoms with Crippen LogP contribution in [0, 0.1) is 5.92 Å². The normalized spacial score (nSPS) is 26.8. The Kier molecular flexibility index (Phi) is 4.82. The molecule has 1 aromatic rings. The van der Waals surface area contributed by atoms with Gasteiger partial charge < -0.3 is 9.64 Å². The number of rotatable bonds is 3. The van der Waals surface area contributed by atoms with Gasteiger partial charge in [0.05, 0.1) is 12.3 Å². The van der Waals surface area contributed by atoms with Crippen molar-refractivity contribution >= 4 is 23.2 Å². The summed E-state index contributed by atoms with van der Waals surface area (Å²) >= 11 is 1.79. The highest BCUT2D eigenvalue weighted by Crippen LogP contribution is 2.46. The highest BCUT2D eigenvalue weighted by molar-refractivity contribution is 7.09. The largest absolute Gasteiger partial charge is 0.458 e. The van der Waals surface area contributed by atoms with E-state index in [1.54, 1.807) is 11.3 Å². The van der Waals surface area contributed by atoms with Gasteiger partial charge in [-0.05, 0) is 43.6 Å². The number of ether oxygens (including phenoxy) is 1. The van der Waals surface area contributed by atoms with Crippen LogP contribution in [-0.2, 0) is 20.9 Å². The van der Waals surface area contributed by atoms with E-state index >= 15 is 0 Å². The van der Waals surface area contributed by atoms with Gasteiger partial charge >= 0.3 is 5.97 Å². The molecule has 6 heteroatoms.